The van der Waals surface area contributed by atoms with E-state index in [0.717, 1.165) is 22.5 Å². The van der Waals surface area contributed by atoms with Crippen LogP contribution in [-0.4, -0.2) is 28.1 Å². The molecule has 2 aromatic carbocycles. The Bertz CT molecular complexity index is 1140. The predicted octanol–water partition coefficient (Wildman–Crippen LogP) is 4.04. The number of rotatable bonds is 8. The van der Waals surface area contributed by atoms with Gasteiger partial charge in [0, 0.05) is 36.8 Å². The average molecular weight is 431 g/mol. The molecule has 0 saturated carbocycles. The molecule has 2 amide bonds. The van der Waals surface area contributed by atoms with Crippen molar-refractivity contribution in [2.75, 3.05) is 6.54 Å². The molecule has 7 heteroatoms. The summed E-state index contributed by atoms with van der Waals surface area (Å²) in [6.07, 6.45) is 2.15. The standard InChI is InChI=1S/C24H22N4O2S/c29-22(13-14-25-24(30)21-12-7-15-31-21)26-16-19-17-28(20-10-5-2-6-11-20)27-23(19)18-8-3-1-4-9-18/h1-12,15,17H,13-14,16H2,(H,25,30)(H,26,29). The normalized spacial score (nSPS) is 10.6. The highest BCUT2D eigenvalue weighted by Crippen LogP contribution is 2.23. The van der Waals surface area contributed by atoms with Crippen molar-refractivity contribution in [2.45, 2.75) is 13.0 Å². The summed E-state index contributed by atoms with van der Waals surface area (Å²) in [6.45, 7) is 0.645. The van der Waals surface area contributed by atoms with Crippen LogP contribution >= 0.6 is 11.3 Å². The van der Waals surface area contributed by atoms with Crippen LogP contribution in [0, 0.1) is 0 Å². The van der Waals surface area contributed by atoms with E-state index in [-0.39, 0.29) is 24.8 Å². The molecule has 0 saturated heterocycles. The molecule has 156 valence electrons. The number of hydrogen-bond acceptors (Lipinski definition) is 4. The van der Waals surface area contributed by atoms with E-state index < -0.39 is 0 Å². The Hall–Kier alpha value is -3.71. The third kappa shape index (κ3) is 5.26. The largest absolute Gasteiger partial charge is 0.352 e. The van der Waals surface area contributed by atoms with Crippen LogP contribution in [0.2, 0.25) is 0 Å². The molecule has 0 aliphatic rings. The quantitative estimate of drug-likeness (QED) is 0.443. The first-order valence-electron chi connectivity index (χ1n) is 9.98. The van der Waals surface area contributed by atoms with Gasteiger partial charge in [-0.25, -0.2) is 4.68 Å². The maximum atomic E-state index is 12.3. The summed E-state index contributed by atoms with van der Waals surface area (Å²) < 4.78 is 1.82. The molecule has 0 bridgehead atoms. The second-order valence-corrected chi connectivity index (χ2v) is 7.86. The second kappa shape index (κ2) is 9.86. The topological polar surface area (TPSA) is 76.0 Å². The molecule has 31 heavy (non-hydrogen) atoms. The first-order chi connectivity index (χ1) is 15.2. The second-order valence-electron chi connectivity index (χ2n) is 6.91. The van der Waals surface area contributed by atoms with Gasteiger partial charge in [0.05, 0.1) is 16.3 Å². The Morgan fingerprint density at radius 1 is 0.903 bits per heavy atom. The molecular weight excluding hydrogens is 408 g/mol. The molecule has 0 unspecified atom stereocenters. The number of para-hydroxylation sites is 1. The number of hydrogen-bond donors (Lipinski definition) is 2. The summed E-state index contributed by atoms with van der Waals surface area (Å²) in [7, 11) is 0. The molecule has 4 aromatic rings. The number of carbonyl (C=O) groups is 2. The van der Waals surface area contributed by atoms with E-state index in [1.54, 1.807) is 6.07 Å². The van der Waals surface area contributed by atoms with E-state index in [2.05, 4.69) is 10.6 Å². The summed E-state index contributed by atoms with van der Waals surface area (Å²) in [4.78, 5) is 24.9. The summed E-state index contributed by atoms with van der Waals surface area (Å²) in [5, 5.41) is 12.3. The molecular formula is C24H22N4O2S. The van der Waals surface area contributed by atoms with Gasteiger partial charge < -0.3 is 10.6 Å². The van der Waals surface area contributed by atoms with Gasteiger partial charge in [0.1, 0.15) is 0 Å². The van der Waals surface area contributed by atoms with Crippen LogP contribution < -0.4 is 10.6 Å². The number of thiophene rings is 1. The smallest absolute Gasteiger partial charge is 0.261 e. The lowest BCUT2D eigenvalue weighted by atomic mass is 10.1. The van der Waals surface area contributed by atoms with Crippen LogP contribution in [0.25, 0.3) is 16.9 Å². The molecule has 0 atom stereocenters. The molecule has 2 heterocycles. The Labute approximate surface area is 184 Å². The van der Waals surface area contributed by atoms with Gasteiger partial charge in [-0.3, -0.25) is 9.59 Å². The Kier molecular flexibility index (Phi) is 6.54. The van der Waals surface area contributed by atoms with Crippen molar-refractivity contribution >= 4 is 23.2 Å². The lowest BCUT2D eigenvalue weighted by Gasteiger charge is -2.06. The molecule has 0 aliphatic heterocycles. The molecule has 0 spiro atoms. The Balaban J connectivity index is 1.40. The molecule has 4 rings (SSSR count). The molecule has 0 radical (unpaired) electrons. The highest BCUT2D eigenvalue weighted by atomic mass is 32.1. The fourth-order valence-corrected chi connectivity index (χ4v) is 3.80. The Morgan fingerprint density at radius 3 is 2.35 bits per heavy atom. The van der Waals surface area contributed by atoms with Gasteiger partial charge in [-0.1, -0.05) is 54.6 Å². The average Bonchev–Trinajstić information content (AvgIpc) is 3.49. The number of aromatic nitrogens is 2. The van der Waals surface area contributed by atoms with Crippen molar-refractivity contribution in [3.63, 3.8) is 0 Å². The summed E-state index contributed by atoms with van der Waals surface area (Å²) in [6, 6.07) is 23.4. The maximum Gasteiger partial charge on any atom is 0.261 e. The molecule has 0 aliphatic carbocycles. The lowest BCUT2D eigenvalue weighted by Crippen LogP contribution is -2.30. The fraction of sp³-hybridized carbons (Fsp3) is 0.125. The zero-order chi connectivity index (χ0) is 21.5. The minimum absolute atomic E-state index is 0.127. The summed E-state index contributed by atoms with van der Waals surface area (Å²) in [5.74, 6) is -0.281. The predicted molar refractivity (Wildman–Crippen MR) is 122 cm³/mol. The lowest BCUT2D eigenvalue weighted by molar-refractivity contribution is -0.121. The molecule has 0 fully saturated rings. The van der Waals surface area contributed by atoms with E-state index in [0.29, 0.717) is 11.4 Å². The highest BCUT2D eigenvalue weighted by molar-refractivity contribution is 7.12. The van der Waals surface area contributed by atoms with E-state index >= 15 is 0 Å². The van der Waals surface area contributed by atoms with Crippen LogP contribution in [-0.2, 0) is 11.3 Å². The monoisotopic (exact) mass is 430 g/mol. The van der Waals surface area contributed by atoms with Crippen molar-refractivity contribution in [1.82, 2.24) is 20.4 Å². The Morgan fingerprint density at radius 2 is 1.65 bits per heavy atom. The van der Waals surface area contributed by atoms with Crippen molar-refractivity contribution in [3.8, 4) is 16.9 Å². The number of carbonyl (C=O) groups excluding carboxylic acids is 2. The zero-order valence-electron chi connectivity index (χ0n) is 16.8. The van der Waals surface area contributed by atoms with Gasteiger partial charge in [0.25, 0.3) is 5.91 Å². The highest BCUT2D eigenvalue weighted by Gasteiger charge is 2.13. The number of benzene rings is 2. The van der Waals surface area contributed by atoms with Crippen LogP contribution in [0.15, 0.2) is 84.4 Å². The van der Waals surface area contributed by atoms with Gasteiger partial charge in [-0.2, -0.15) is 5.10 Å². The van der Waals surface area contributed by atoms with Crippen LogP contribution in [0.1, 0.15) is 21.7 Å². The molecule has 2 aromatic heterocycles. The van der Waals surface area contributed by atoms with Crippen LogP contribution in [0.4, 0.5) is 0 Å². The number of nitrogens with zero attached hydrogens (tertiary/aromatic N) is 2. The van der Waals surface area contributed by atoms with Crippen molar-refractivity contribution in [3.05, 3.63) is 94.8 Å². The molecule has 2 N–H and O–H groups in total. The zero-order valence-corrected chi connectivity index (χ0v) is 17.6. The van der Waals surface area contributed by atoms with Crippen molar-refractivity contribution in [1.29, 1.82) is 0 Å². The van der Waals surface area contributed by atoms with Gasteiger partial charge in [0.15, 0.2) is 0 Å². The van der Waals surface area contributed by atoms with E-state index in [9.17, 15) is 9.59 Å². The third-order valence-electron chi connectivity index (χ3n) is 4.72. The van der Waals surface area contributed by atoms with E-state index in [4.69, 9.17) is 5.10 Å². The SMILES string of the molecule is O=C(CCNC(=O)c1cccs1)NCc1cn(-c2ccccc2)nc1-c1ccccc1. The van der Waals surface area contributed by atoms with Gasteiger partial charge in [0.2, 0.25) is 5.91 Å². The first-order valence-corrected chi connectivity index (χ1v) is 10.9. The van der Waals surface area contributed by atoms with Gasteiger partial charge >= 0.3 is 0 Å². The first kappa shape index (κ1) is 20.6. The number of amides is 2. The maximum absolute atomic E-state index is 12.3. The number of nitrogens with one attached hydrogen (secondary N) is 2. The minimum Gasteiger partial charge on any atom is -0.352 e. The van der Waals surface area contributed by atoms with E-state index in [1.807, 2.05) is 83.0 Å². The van der Waals surface area contributed by atoms with Crippen LogP contribution in [0.5, 0.6) is 0 Å². The van der Waals surface area contributed by atoms with Gasteiger partial charge in [-0.05, 0) is 23.6 Å². The van der Waals surface area contributed by atoms with E-state index in [1.165, 1.54) is 11.3 Å². The summed E-state index contributed by atoms with van der Waals surface area (Å²) in [5.41, 5.74) is 3.69. The molecule has 6 nitrogen and oxygen atoms in total. The summed E-state index contributed by atoms with van der Waals surface area (Å²) >= 11 is 1.38. The fourth-order valence-electron chi connectivity index (χ4n) is 3.16. The van der Waals surface area contributed by atoms with Crippen molar-refractivity contribution < 1.29 is 9.59 Å². The minimum atomic E-state index is -0.154. The van der Waals surface area contributed by atoms with Crippen LogP contribution in [0.3, 0.4) is 0 Å². The third-order valence-corrected chi connectivity index (χ3v) is 5.59. The van der Waals surface area contributed by atoms with Crippen molar-refractivity contribution in [2.24, 2.45) is 0 Å². The van der Waals surface area contributed by atoms with Gasteiger partial charge in [-0.15, -0.1) is 11.3 Å².